The molecular formula is C22H26Cl2N2. The van der Waals surface area contributed by atoms with Crippen molar-refractivity contribution in [2.75, 3.05) is 13.1 Å². The van der Waals surface area contributed by atoms with Crippen molar-refractivity contribution in [2.45, 2.75) is 45.0 Å². The van der Waals surface area contributed by atoms with Gasteiger partial charge >= 0.3 is 0 Å². The molecule has 0 radical (unpaired) electrons. The van der Waals surface area contributed by atoms with Crippen molar-refractivity contribution in [3.63, 3.8) is 0 Å². The van der Waals surface area contributed by atoms with Crippen molar-refractivity contribution < 1.29 is 0 Å². The molecule has 0 saturated carbocycles. The monoisotopic (exact) mass is 388 g/mol. The van der Waals surface area contributed by atoms with E-state index in [0.29, 0.717) is 5.15 Å². The summed E-state index contributed by atoms with van der Waals surface area (Å²) in [5, 5.41) is 0.527. The van der Waals surface area contributed by atoms with Crippen LogP contribution in [0.15, 0.2) is 42.5 Å². The highest BCUT2D eigenvalue weighted by Gasteiger charge is 2.22. The fraction of sp³-hybridized carbons (Fsp3) is 0.409. The van der Waals surface area contributed by atoms with Gasteiger partial charge in [0.05, 0.1) is 11.2 Å². The lowest BCUT2D eigenvalue weighted by Crippen LogP contribution is -2.36. The van der Waals surface area contributed by atoms with Crippen LogP contribution < -0.4 is 0 Å². The zero-order valence-corrected chi connectivity index (χ0v) is 17.0. The lowest BCUT2D eigenvalue weighted by Gasteiger charge is -2.31. The molecule has 26 heavy (non-hydrogen) atoms. The zero-order chi connectivity index (χ0) is 18.5. The Bertz CT molecular complexity index is 785. The predicted molar refractivity (Wildman–Crippen MR) is 112 cm³/mol. The van der Waals surface area contributed by atoms with Gasteiger partial charge in [0.15, 0.2) is 0 Å². The van der Waals surface area contributed by atoms with E-state index in [1.54, 1.807) is 6.07 Å². The Morgan fingerprint density at radius 1 is 1.12 bits per heavy atom. The van der Waals surface area contributed by atoms with Crippen molar-refractivity contribution in [3.8, 4) is 0 Å². The quantitative estimate of drug-likeness (QED) is 0.355. The highest BCUT2D eigenvalue weighted by atomic mass is 35.5. The second-order valence-corrected chi connectivity index (χ2v) is 7.66. The molecule has 3 rings (SSSR count). The van der Waals surface area contributed by atoms with Gasteiger partial charge < -0.3 is 0 Å². The Morgan fingerprint density at radius 3 is 2.62 bits per heavy atom. The summed E-state index contributed by atoms with van der Waals surface area (Å²) in [5.74, 6) is 0. The van der Waals surface area contributed by atoms with Crippen molar-refractivity contribution in [2.24, 2.45) is 0 Å². The van der Waals surface area contributed by atoms with Gasteiger partial charge in [0.1, 0.15) is 5.15 Å². The smallest absolute Gasteiger partial charge is 0.129 e. The standard InChI is InChI=1S/C22H26Cl2N2/c1-3-17-9-8-16(14-18(17)4-2)10-12-26-13-11-19(15-22(26)24)20-6-5-7-21(23)25-20/h5-9,11,14,22H,3-4,10,12-13,15H2,1-2H3. The first-order valence-corrected chi connectivity index (χ1v) is 10.2. The minimum absolute atomic E-state index is 0.00339. The van der Waals surface area contributed by atoms with Gasteiger partial charge in [-0.05, 0) is 53.7 Å². The number of rotatable bonds is 6. The average Bonchev–Trinajstić information content (AvgIpc) is 2.66. The summed E-state index contributed by atoms with van der Waals surface area (Å²) in [6.07, 6.45) is 6.25. The second kappa shape index (κ2) is 9.03. The molecule has 2 aromatic rings. The Hall–Kier alpha value is -1.35. The summed E-state index contributed by atoms with van der Waals surface area (Å²) < 4.78 is 0. The van der Waals surface area contributed by atoms with E-state index in [0.717, 1.165) is 44.5 Å². The van der Waals surface area contributed by atoms with Crippen LogP contribution in [0.2, 0.25) is 5.15 Å². The second-order valence-electron chi connectivity index (χ2n) is 6.77. The van der Waals surface area contributed by atoms with Crippen LogP contribution in [0.1, 0.15) is 42.7 Å². The summed E-state index contributed by atoms with van der Waals surface area (Å²) in [4.78, 5) is 6.73. The van der Waals surface area contributed by atoms with Gasteiger partial charge in [-0.3, -0.25) is 4.90 Å². The van der Waals surface area contributed by atoms with E-state index in [1.165, 1.54) is 22.3 Å². The number of hydrogen-bond donors (Lipinski definition) is 0. The SMILES string of the molecule is CCc1ccc(CCN2CC=C(c3cccc(Cl)n3)CC2Cl)cc1CC. The highest BCUT2D eigenvalue weighted by Crippen LogP contribution is 2.28. The molecule has 0 saturated heterocycles. The number of benzene rings is 1. The predicted octanol–water partition coefficient (Wildman–Crippen LogP) is 5.76. The minimum atomic E-state index is -0.00339. The normalized spacial score (nSPS) is 18.0. The number of halogens is 2. The first kappa shape index (κ1) is 19.4. The van der Waals surface area contributed by atoms with E-state index in [-0.39, 0.29) is 5.50 Å². The van der Waals surface area contributed by atoms with E-state index in [1.807, 2.05) is 12.1 Å². The third-order valence-corrected chi connectivity index (χ3v) is 5.76. The van der Waals surface area contributed by atoms with Crippen LogP contribution in [0.25, 0.3) is 5.57 Å². The van der Waals surface area contributed by atoms with E-state index in [2.05, 4.69) is 48.0 Å². The summed E-state index contributed by atoms with van der Waals surface area (Å²) in [5.41, 5.74) is 6.45. The topological polar surface area (TPSA) is 16.1 Å². The van der Waals surface area contributed by atoms with Crippen LogP contribution >= 0.6 is 23.2 Å². The van der Waals surface area contributed by atoms with Gasteiger partial charge in [-0.1, -0.05) is 55.8 Å². The molecule has 1 aromatic carbocycles. The lowest BCUT2D eigenvalue weighted by molar-refractivity contribution is 0.275. The van der Waals surface area contributed by atoms with Gasteiger partial charge in [-0.15, -0.1) is 11.6 Å². The largest absolute Gasteiger partial charge is 0.283 e. The number of aryl methyl sites for hydroxylation is 2. The van der Waals surface area contributed by atoms with E-state index in [4.69, 9.17) is 23.2 Å². The number of aromatic nitrogens is 1. The average molecular weight is 389 g/mol. The molecule has 0 bridgehead atoms. The Morgan fingerprint density at radius 2 is 1.92 bits per heavy atom. The van der Waals surface area contributed by atoms with Crippen molar-refractivity contribution in [3.05, 3.63) is 70.0 Å². The molecule has 0 fully saturated rings. The van der Waals surface area contributed by atoms with E-state index >= 15 is 0 Å². The number of nitrogens with zero attached hydrogens (tertiary/aromatic N) is 2. The molecule has 138 valence electrons. The lowest BCUT2D eigenvalue weighted by atomic mass is 9.98. The molecule has 1 aliphatic rings. The van der Waals surface area contributed by atoms with Crippen LogP contribution in [0, 0.1) is 0 Å². The van der Waals surface area contributed by atoms with E-state index < -0.39 is 0 Å². The Balaban J connectivity index is 1.63. The third-order valence-electron chi connectivity index (χ3n) is 5.12. The summed E-state index contributed by atoms with van der Waals surface area (Å²) in [7, 11) is 0. The number of hydrogen-bond acceptors (Lipinski definition) is 2. The Labute approximate surface area is 166 Å². The van der Waals surface area contributed by atoms with Crippen molar-refractivity contribution in [1.82, 2.24) is 9.88 Å². The molecule has 1 aromatic heterocycles. The van der Waals surface area contributed by atoms with E-state index in [9.17, 15) is 0 Å². The Kier molecular flexibility index (Phi) is 6.74. The van der Waals surface area contributed by atoms with Crippen LogP contribution in [-0.4, -0.2) is 28.5 Å². The van der Waals surface area contributed by atoms with Gasteiger partial charge in [-0.25, -0.2) is 4.98 Å². The summed E-state index contributed by atoms with van der Waals surface area (Å²) >= 11 is 12.7. The maximum atomic E-state index is 6.66. The van der Waals surface area contributed by atoms with Gasteiger partial charge in [0.25, 0.3) is 0 Å². The molecule has 1 unspecified atom stereocenters. The van der Waals surface area contributed by atoms with Gasteiger partial charge in [0.2, 0.25) is 0 Å². The van der Waals surface area contributed by atoms with Crippen LogP contribution in [0.5, 0.6) is 0 Å². The maximum absolute atomic E-state index is 6.66. The molecule has 0 N–H and O–H groups in total. The van der Waals surface area contributed by atoms with Gasteiger partial charge in [0, 0.05) is 19.5 Å². The molecular weight excluding hydrogens is 363 g/mol. The fourth-order valence-corrected chi connectivity index (χ4v) is 4.05. The molecule has 0 amide bonds. The minimum Gasteiger partial charge on any atom is -0.283 e. The van der Waals surface area contributed by atoms with Crippen LogP contribution in [-0.2, 0) is 19.3 Å². The molecule has 1 aliphatic heterocycles. The molecule has 2 nitrogen and oxygen atoms in total. The van der Waals surface area contributed by atoms with Crippen molar-refractivity contribution in [1.29, 1.82) is 0 Å². The first-order valence-electron chi connectivity index (χ1n) is 9.41. The fourth-order valence-electron chi connectivity index (χ4n) is 3.54. The summed E-state index contributed by atoms with van der Waals surface area (Å²) in [6, 6.07) is 12.6. The number of pyridine rings is 1. The molecule has 2 heterocycles. The van der Waals surface area contributed by atoms with Crippen LogP contribution in [0.4, 0.5) is 0 Å². The third kappa shape index (κ3) is 4.68. The highest BCUT2D eigenvalue weighted by molar-refractivity contribution is 6.29. The van der Waals surface area contributed by atoms with Crippen LogP contribution in [0.3, 0.4) is 0 Å². The molecule has 1 atom stereocenters. The number of alkyl halides is 1. The maximum Gasteiger partial charge on any atom is 0.129 e. The van der Waals surface area contributed by atoms with Crippen molar-refractivity contribution >= 4 is 28.8 Å². The zero-order valence-electron chi connectivity index (χ0n) is 15.5. The molecule has 0 spiro atoms. The molecule has 4 heteroatoms. The first-order chi connectivity index (χ1) is 12.6. The van der Waals surface area contributed by atoms with Gasteiger partial charge in [-0.2, -0.15) is 0 Å². The molecule has 0 aliphatic carbocycles. The summed E-state index contributed by atoms with van der Waals surface area (Å²) in [6.45, 7) is 6.27.